The average Bonchev–Trinajstić information content (AvgIpc) is 3.08. The number of aromatic nitrogens is 2. The number of rotatable bonds is 4. The Balaban J connectivity index is 1.88. The summed E-state index contributed by atoms with van der Waals surface area (Å²) in [5.41, 5.74) is 1.82. The van der Waals surface area contributed by atoms with Gasteiger partial charge >= 0.3 is 0 Å². The third-order valence-corrected chi connectivity index (χ3v) is 3.30. The predicted octanol–water partition coefficient (Wildman–Crippen LogP) is 4.04. The molecular formula is C15H14ClN3O. The maximum absolute atomic E-state index is 6.29. The maximum Gasteiger partial charge on any atom is 0.123 e. The Hall–Kier alpha value is -2.20. The molecule has 2 aromatic heterocycles. The van der Waals surface area contributed by atoms with Crippen molar-refractivity contribution < 1.29 is 4.42 Å². The van der Waals surface area contributed by atoms with Gasteiger partial charge in [0.1, 0.15) is 11.5 Å². The number of aryl methyl sites for hydroxylation is 1. The van der Waals surface area contributed by atoms with Crippen LogP contribution < -0.4 is 5.32 Å². The molecule has 0 fully saturated rings. The summed E-state index contributed by atoms with van der Waals surface area (Å²) in [6.07, 6.45) is 5.32. The van der Waals surface area contributed by atoms with Gasteiger partial charge in [0.15, 0.2) is 0 Å². The molecule has 3 aromatic rings. The van der Waals surface area contributed by atoms with E-state index in [2.05, 4.69) is 10.3 Å². The molecule has 3 rings (SSSR count). The van der Waals surface area contributed by atoms with E-state index in [1.807, 2.05) is 48.0 Å². The number of furan rings is 1. The van der Waals surface area contributed by atoms with Gasteiger partial charge in [-0.1, -0.05) is 17.7 Å². The second kappa shape index (κ2) is 5.43. The molecule has 2 heterocycles. The first kappa shape index (κ1) is 12.8. The summed E-state index contributed by atoms with van der Waals surface area (Å²) in [5.74, 6) is 1.79. The van der Waals surface area contributed by atoms with Crippen molar-refractivity contribution in [2.45, 2.75) is 13.5 Å². The first-order chi connectivity index (χ1) is 9.74. The van der Waals surface area contributed by atoms with E-state index in [9.17, 15) is 0 Å². The van der Waals surface area contributed by atoms with Gasteiger partial charge in [0.05, 0.1) is 29.3 Å². The lowest BCUT2D eigenvalue weighted by atomic mass is 10.2. The molecule has 0 saturated heterocycles. The minimum atomic E-state index is 0.607. The van der Waals surface area contributed by atoms with Crippen molar-refractivity contribution in [3.8, 4) is 5.69 Å². The topological polar surface area (TPSA) is 43.0 Å². The second-order valence-corrected chi connectivity index (χ2v) is 4.88. The molecule has 0 radical (unpaired) electrons. The highest BCUT2D eigenvalue weighted by Gasteiger charge is 2.09. The van der Waals surface area contributed by atoms with Crippen LogP contribution in [0, 0.1) is 6.92 Å². The fourth-order valence-corrected chi connectivity index (χ4v) is 2.35. The zero-order valence-corrected chi connectivity index (χ0v) is 11.8. The normalized spacial score (nSPS) is 10.7. The first-order valence-corrected chi connectivity index (χ1v) is 6.68. The van der Waals surface area contributed by atoms with Crippen LogP contribution in [-0.2, 0) is 6.54 Å². The van der Waals surface area contributed by atoms with Crippen LogP contribution in [0.2, 0.25) is 5.02 Å². The van der Waals surface area contributed by atoms with Crippen LogP contribution in [0.25, 0.3) is 5.69 Å². The van der Waals surface area contributed by atoms with Crippen LogP contribution in [0.1, 0.15) is 11.5 Å². The predicted molar refractivity (Wildman–Crippen MR) is 79.3 cm³/mol. The number of nitrogens with zero attached hydrogens (tertiary/aromatic N) is 2. The van der Waals surface area contributed by atoms with E-state index >= 15 is 0 Å². The third-order valence-electron chi connectivity index (χ3n) is 3.00. The van der Waals surface area contributed by atoms with E-state index in [1.54, 1.807) is 12.5 Å². The lowest BCUT2D eigenvalue weighted by Gasteiger charge is -2.13. The van der Waals surface area contributed by atoms with Gasteiger partial charge in [0.25, 0.3) is 0 Å². The standard InChI is InChI=1S/C15H14ClN3O/c1-11-5-6-12(20-11)9-18-14-4-2-3-13(16)15(14)19-8-7-17-10-19/h2-8,10,18H,9H2,1H3. The quantitative estimate of drug-likeness (QED) is 0.787. The van der Waals surface area contributed by atoms with Crippen molar-refractivity contribution in [3.63, 3.8) is 0 Å². The largest absolute Gasteiger partial charge is 0.465 e. The molecule has 1 N–H and O–H groups in total. The number of hydrogen-bond donors (Lipinski definition) is 1. The van der Waals surface area contributed by atoms with Crippen molar-refractivity contribution >= 4 is 17.3 Å². The first-order valence-electron chi connectivity index (χ1n) is 6.30. The second-order valence-electron chi connectivity index (χ2n) is 4.47. The van der Waals surface area contributed by atoms with Crippen LogP contribution in [0.15, 0.2) is 53.5 Å². The summed E-state index contributed by atoms with van der Waals surface area (Å²) < 4.78 is 7.44. The highest BCUT2D eigenvalue weighted by Crippen LogP contribution is 2.28. The van der Waals surface area contributed by atoms with Crippen molar-refractivity contribution in [2.24, 2.45) is 0 Å². The van der Waals surface area contributed by atoms with Crippen LogP contribution >= 0.6 is 11.6 Å². The van der Waals surface area contributed by atoms with E-state index in [-0.39, 0.29) is 0 Å². The molecule has 5 heteroatoms. The van der Waals surface area contributed by atoms with E-state index in [0.717, 1.165) is 22.9 Å². The molecule has 1 aromatic carbocycles. The van der Waals surface area contributed by atoms with Gasteiger partial charge in [0, 0.05) is 12.4 Å². The molecule has 0 spiro atoms. The summed E-state index contributed by atoms with van der Waals surface area (Å²) in [5, 5.41) is 4.02. The Bertz CT molecular complexity index is 704. The molecule has 0 bridgehead atoms. The van der Waals surface area contributed by atoms with Gasteiger partial charge in [0.2, 0.25) is 0 Å². The number of benzene rings is 1. The molecule has 4 nitrogen and oxygen atoms in total. The summed E-state index contributed by atoms with van der Waals surface area (Å²) in [7, 11) is 0. The SMILES string of the molecule is Cc1ccc(CNc2cccc(Cl)c2-n2ccnc2)o1. The van der Waals surface area contributed by atoms with Crippen LogP contribution in [0.5, 0.6) is 0 Å². The minimum Gasteiger partial charge on any atom is -0.465 e. The lowest BCUT2D eigenvalue weighted by molar-refractivity contribution is 0.490. The summed E-state index contributed by atoms with van der Waals surface area (Å²) in [4.78, 5) is 4.06. The molecule has 20 heavy (non-hydrogen) atoms. The van der Waals surface area contributed by atoms with E-state index in [1.165, 1.54) is 0 Å². The molecule has 0 atom stereocenters. The molecule has 0 unspecified atom stereocenters. The Labute approximate surface area is 122 Å². The number of hydrogen-bond acceptors (Lipinski definition) is 3. The molecule has 0 amide bonds. The van der Waals surface area contributed by atoms with Crippen LogP contribution in [0.4, 0.5) is 5.69 Å². The number of halogens is 1. The van der Waals surface area contributed by atoms with Crippen LogP contribution in [0.3, 0.4) is 0 Å². The zero-order valence-electron chi connectivity index (χ0n) is 11.0. The van der Waals surface area contributed by atoms with Gasteiger partial charge in [-0.15, -0.1) is 0 Å². The average molecular weight is 288 g/mol. The molecule has 0 aliphatic heterocycles. The monoisotopic (exact) mass is 287 g/mol. The Morgan fingerprint density at radius 1 is 1.30 bits per heavy atom. The minimum absolute atomic E-state index is 0.607. The van der Waals surface area contributed by atoms with E-state index < -0.39 is 0 Å². The van der Waals surface area contributed by atoms with Gasteiger partial charge in [-0.2, -0.15) is 0 Å². The molecular weight excluding hydrogens is 274 g/mol. The molecule has 102 valence electrons. The van der Waals surface area contributed by atoms with Crippen LogP contribution in [-0.4, -0.2) is 9.55 Å². The van der Waals surface area contributed by atoms with Gasteiger partial charge in [-0.25, -0.2) is 4.98 Å². The third kappa shape index (κ3) is 2.56. The Kier molecular flexibility index (Phi) is 3.48. The highest BCUT2D eigenvalue weighted by atomic mass is 35.5. The fourth-order valence-electron chi connectivity index (χ4n) is 2.07. The maximum atomic E-state index is 6.29. The molecule has 0 aliphatic rings. The fraction of sp³-hybridized carbons (Fsp3) is 0.133. The van der Waals surface area contributed by atoms with Crippen molar-refractivity contribution in [3.05, 3.63) is 65.6 Å². The Morgan fingerprint density at radius 3 is 2.90 bits per heavy atom. The van der Waals surface area contributed by atoms with Gasteiger partial charge in [-0.05, 0) is 31.2 Å². The number of nitrogens with one attached hydrogen (secondary N) is 1. The number of para-hydroxylation sites is 1. The summed E-state index contributed by atoms with van der Waals surface area (Å²) in [6, 6.07) is 9.67. The highest BCUT2D eigenvalue weighted by molar-refractivity contribution is 6.33. The van der Waals surface area contributed by atoms with Crippen molar-refractivity contribution in [1.29, 1.82) is 0 Å². The van der Waals surface area contributed by atoms with Crippen molar-refractivity contribution in [2.75, 3.05) is 5.32 Å². The van der Waals surface area contributed by atoms with Gasteiger partial charge in [-0.3, -0.25) is 0 Å². The summed E-state index contributed by atoms with van der Waals surface area (Å²) in [6.45, 7) is 2.54. The smallest absolute Gasteiger partial charge is 0.123 e. The molecule has 0 aliphatic carbocycles. The van der Waals surface area contributed by atoms with E-state index in [0.29, 0.717) is 11.6 Å². The van der Waals surface area contributed by atoms with Gasteiger partial charge < -0.3 is 14.3 Å². The number of imidazole rings is 1. The lowest BCUT2D eigenvalue weighted by Crippen LogP contribution is -2.03. The Morgan fingerprint density at radius 2 is 2.20 bits per heavy atom. The number of anilines is 1. The zero-order chi connectivity index (χ0) is 13.9. The van der Waals surface area contributed by atoms with E-state index in [4.69, 9.17) is 16.0 Å². The molecule has 0 saturated carbocycles. The van der Waals surface area contributed by atoms with Crippen molar-refractivity contribution in [1.82, 2.24) is 9.55 Å². The summed E-state index contributed by atoms with van der Waals surface area (Å²) >= 11 is 6.29.